The molecule has 0 radical (unpaired) electrons. The van der Waals surface area contributed by atoms with E-state index in [0.717, 1.165) is 6.42 Å². The summed E-state index contributed by atoms with van der Waals surface area (Å²) in [5.41, 5.74) is 1.25. The minimum absolute atomic E-state index is 1.02. The Morgan fingerprint density at radius 3 is 2.50 bits per heavy atom. The van der Waals surface area contributed by atoms with Crippen LogP contribution in [0.15, 0.2) is 16.8 Å². The molecular formula is C7H13N. The first-order valence-corrected chi connectivity index (χ1v) is 2.92. The topological polar surface area (TPSA) is 12.4 Å². The largest absolute Gasteiger partial charge is 0.269 e. The van der Waals surface area contributed by atoms with E-state index in [1.54, 1.807) is 0 Å². The maximum absolute atomic E-state index is 4.00. The molecule has 0 aromatic heterocycles. The minimum Gasteiger partial charge on any atom is -0.269 e. The van der Waals surface area contributed by atoms with E-state index in [1.807, 2.05) is 26.3 Å². The number of hydrogen-bond acceptors (Lipinski definition) is 1. The van der Waals surface area contributed by atoms with E-state index in [4.69, 9.17) is 0 Å². The van der Waals surface area contributed by atoms with Gasteiger partial charge in [0, 0.05) is 12.4 Å². The number of aliphatic imine (C=N–C) groups is 1. The Morgan fingerprint density at radius 2 is 2.12 bits per heavy atom. The van der Waals surface area contributed by atoms with Gasteiger partial charge in [-0.3, -0.25) is 4.99 Å². The summed E-state index contributed by atoms with van der Waals surface area (Å²) in [6.07, 6.45) is 4.78. The van der Waals surface area contributed by atoms with Crippen LogP contribution in [0, 0.1) is 0 Å². The summed E-state index contributed by atoms with van der Waals surface area (Å²) in [5, 5.41) is 0. The number of nitrogens with zero attached hydrogens (tertiary/aromatic N) is 1. The van der Waals surface area contributed by atoms with E-state index in [0.29, 0.717) is 0 Å². The average Bonchev–Trinajstić information content (AvgIpc) is 1.66. The van der Waals surface area contributed by atoms with E-state index in [1.165, 1.54) is 5.57 Å². The number of hydrogen-bond donors (Lipinski definition) is 0. The lowest BCUT2D eigenvalue weighted by Crippen LogP contribution is -1.65. The normalized spacial score (nSPS) is 9.88. The third kappa shape index (κ3) is 5.41. The van der Waals surface area contributed by atoms with Crippen LogP contribution < -0.4 is 0 Å². The Labute approximate surface area is 51.1 Å². The first kappa shape index (κ1) is 7.41. The maximum atomic E-state index is 4.00. The zero-order valence-electron chi connectivity index (χ0n) is 5.81. The first-order chi connectivity index (χ1) is 3.77. The van der Waals surface area contributed by atoms with Crippen LogP contribution in [0.4, 0.5) is 0 Å². The van der Waals surface area contributed by atoms with Gasteiger partial charge in [-0.1, -0.05) is 12.5 Å². The van der Waals surface area contributed by atoms with Crippen molar-refractivity contribution in [3.8, 4) is 0 Å². The Morgan fingerprint density at radius 1 is 1.50 bits per heavy atom. The molecule has 0 aliphatic heterocycles. The Kier molecular flexibility index (Phi) is 4.23. The summed E-state index contributed by atoms with van der Waals surface area (Å²) in [4.78, 5) is 4.00. The fraction of sp³-hybridized carbons (Fsp3) is 0.571. The van der Waals surface area contributed by atoms with Crippen molar-refractivity contribution < 1.29 is 0 Å². The maximum Gasteiger partial charge on any atom is 0.0250 e. The third-order valence-corrected chi connectivity index (χ3v) is 0.621. The van der Waals surface area contributed by atoms with Crippen molar-refractivity contribution in [3.05, 3.63) is 11.8 Å². The van der Waals surface area contributed by atoms with Gasteiger partial charge in [0.25, 0.3) is 0 Å². The Balaban J connectivity index is 3.42. The lowest BCUT2D eigenvalue weighted by atomic mass is 10.4. The molecule has 0 saturated carbocycles. The molecular weight excluding hydrogens is 98.1 g/mol. The second kappa shape index (κ2) is 4.57. The van der Waals surface area contributed by atoms with Gasteiger partial charge < -0.3 is 0 Å². The van der Waals surface area contributed by atoms with Gasteiger partial charge >= 0.3 is 0 Å². The van der Waals surface area contributed by atoms with Gasteiger partial charge in [-0.2, -0.15) is 0 Å². The predicted molar refractivity (Wildman–Crippen MR) is 38.2 cm³/mol. The van der Waals surface area contributed by atoms with Gasteiger partial charge in [0.15, 0.2) is 0 Å². The summed E-state index contributed by atoms with van der Waals surface area (Å²) in [6.45, 7) is 6.14. The summed E-state index contributed by atoms with van der Waals surface area (Å²) in [7, 11) is 0. The van der Waals surface area contributed by atoms with Crippen LogP contribution >= 0.6 is 0 Å². The molecule has 0 aliphatic rings. The standard InChI is InChI=1S/C7H13N/c1-4-5-8-6-7(2)3/h5-6H,4H2,1-3H3/b8-5-. The van der Waals surface area contributed by atoms with Gasteiger partial charge in [0.1, 0.15) is 0 Å². The molecule has 0 heterocycles. The van der Waals surface area contributed by atoms with Crippen molar-refractivity contribution in [1.82, 2.24) is 0 Å². The van der Waals surface area contributed by atoms with Crippen LogP contribution in [-0.2, 0) is 0 Å². The van der Waals surface area contributed by atoms with Gasteiger partial charge in [-0.05, 0) is 20.3 Å². The molecule has 0 spiro atoms. The van der Waals surface area contributed by atoms with E-state index >= 15 is 0 Å². The highest BCUT2D eigenvalue weighted by molar-refractivity contribution is 5.57. The van der Waals surface area contributed by atoms with Gasteiger partial charge in [-0.25, -0.2) is 0 Å². The molecule has 0 amide bonds. The van der Waals surface area contributed by atoms with Gasteiger partial charge in [0.05, 0.1) is 0 Å². The average molecular weight is 111 g/mol. The smallest absolute Gasteiger partial charge is 0.0250 e. The monoisotopic (exact) mass is 111 g/mol. The number of rotatable bonds is 2. The van der Waals surface area contributed by atoms with Crippen molar-refractivity contribution in [2.75, 3.05) is 0 Å². The fourth-order valence-corrected chi connectivity index (χ4v) is 0.307. The molecule has 0 atom stereocenters. The molecule has 0 N–H and O–H groups in total. The summed E-state index contributed by atoms with van der Waals surface area (Å²) in [5.74, 6) is 0. The van der Waals surface area contributed by atoms with E-state index in [9.17, 15) is 0 Å². The van der Waals surface area contributed by atoms with Crippen LogP contribution in [-0.4, -0.2) is 6.21 Å². The van der Waals surface area contributed by atoms with Crippen LogP contribution in [0.5, 0.6) is 0 Å². The summed E-state index contributed by atoms with van der Waals surface area (Å²) in [6, 6.07) is 0. The number of allylic oxidation sites excluding steroid dienone is 1. The SMILES string of the molecule is CC/C=N\C=C(C)C. The quantitative estimate of drug-likeness (QED) is 0.485. The second-order valence-corrected chi connectivity index (χ2v) is 1.95. The predicted octanol–water partition coefficient (Wildman–Crippen LogP) is 2.39. The zero-order chi connectivity index (χ0) is 6.41. The molecule has 0 aliphatic carbocycles. The van der Waals surface area contributed by atoms with E-state index < -0.39 is 0 Å². The molecule has 0 aromatic rings. The van der Waals surface area contributed by atoms with E-state index in [-0.39, 0.29) is 0 Å². The van der Waals surface area contributed by atoms with Crippen molar-refractivity contribution >= 4 is 6.21 Å². The lowest BCUT2D eigenvalue weighted by Gasteiger charge is -1.80. The summed E-state index contributed by atoms with van der Waals surface area (Å²) < 4.78 is 0. The van der Waals surface area contributed by atoms with Crippen LogP contribution in [0.25, 0.3) is 0 Å². The molecule has 0 fully saturated rings. The van der Waals surface area contributed by atoms with Crippen molar-refractivity contribution in [2.24, 2.45) is 4.99 Å². The lowest BCUT2D eigenvalue weighted by molar-refractivity contribution is 1.29. The third-order valence-electron chi connectivity index (χ3n) is 0.621. The zero-order valence-corrected chi connectivity index (χ0v) is 5.81. The fourth-order valence-electron chi connectivity index (χ4n) is 0.307. The molecule has 0 rings (SSSR count). The molecule has 1 heteroatoms. The van der Waals surface area contributed by atoms with Crippen molar-refractivity contribution in [1.29, 1.82) is 0 Å². The Bertz CT molecular complexity index is 97.0. The van der Waals surface area contributed by atoms with Gasteiger partial charge in [0.2, 0.25) is 0 Å². The highest BCUT2D eigenvalue weighted by Crippen LogP contribution is 1.86. The van der Waals surface area contributed by atoms with Crippen molar-refractivity contribution in [2.45, 2.75) is 27.2 Å². The van der Waals surface area contributed by atoms with Crippen molar-refractivity contribution in [3.63, 3.8) is 0 Å². The molecule has 0 unspecified atom stereocenters. The van der Waals surface area contributed by atoms with Crippen LogP contribution in [0.1, 0.15) is 27.2 Å². The second-order valence-electron chi connectivity index (χ2n) is 1.95. The molecule has 1 nitrogen and oxygen atoms in total. The molecule has 0 bridgehead atoms. The highest BCUT2D eigenvalue weighted by Gasteiger charge is 1.68. The van der Waals surface area contributed by atoms with E-state index in [2.05, 4.69) is 11.9 Å². The van der Waals surface area contributed by atoms with Crippen LogP contribution in [0.3, 0.4) is 0 Å². The first-order valence-electron chi connectivity index (χ1n) is 2.92. The Hall–Kier alpha value is -0.590. The highest BCUT2D eigenvalue weighted by atomic mass is 14.7. The molecule has 0 aromatic carbocycles. The molecule has 46 valence electrons. The summed E-state index contributed by atoms with van der Waals surface area (Å²) >= 11 is 0. The van der Waals surface area contributed by atoms with Gasteiger partial charge in [-0.15, -0.1) is 0 Å². The van der Waals surface area contributed by atoms with Crippen LogP contribution in [0.2, 0.25) is 0 Å². The molecule has 0 saturated heterocycles. The molecule has 8 heavy (non-hydrogen) atoms. The minimum atomic E-state index is 1.02.